The van der Waals surface area contributed by atoms with Crippen LogP contribution in [0.2, 0.25) is 0 Å². The molecule has 7 aromatic carbocycles. The Kier molecular flexibility index (Phi) is 8.67. The lowest BCUT2D eigenvalue weighted by Crippen LogP contribution is -2.01. The van der Waals surface area contributed by atoms with Gasteiger partial charge in [0.25, 0.3) is 0 Å². The van der Waals surface area contributed by atoms with Gasteiger partial charge < -0.3 is 5.11 Å². The summed E-state index contributed by atoms with van der Waals surface area (Å²) in [6.45, 7) is 6.97. The van der Waals surface area contributed by atoms with Crippen molar-refractivity contribution in [2.24, 2.45) is 0 Å². The summed E-state index contributed by atoms with van der Waals surface area (Å²) in [7, 11) is 0. The predicted molar refractivity (Wildman–Crippen MR) is 260 cm³/mol. The van der Waals surface area contributed by atoms with Crippen LogP contribution in [0.15, 0.2) is 158 Å². The molecule has 0 unspecified atom stereocenters. The summed E-state index contributed by atoms with van der Waals surface area (Å²) in [5.41, 5.74) is 14.4. The van der Waals surface area contributed by atoms with Gasteiger partial charge >= 0.3 is 0 Å². The number of aryl methyl sites for hydroxylation is 4. The number of phenolic OH excluding ortho intramolecular Hbond substituents is 1. The zero-order valence-corrected chi connectivity index (χ0v) is 35.9. The number of nitrogens with zero attached hydrogens (tertiary/aromatic N) is 3. The van der Waals surface area contributed by atoms with Crippen molar-refractivity contribution in [3.05, 3.63) is 191 Å². The molecular formula is C58H53N3O. The van der Waals surface area contributed by atoms with E-state index in [4.69, 9.17) is 19.6 Å². The van der Waals surface area contributed by atoms with Crippen LogP contribution in [0.25, 0.3) is 83.9 Å². The molecule has 4 heteroatoms. The third-order valence-electron chi connectivity index (χ3n) is 11.8. The van der Waals surface area contributed by atoms with Gasteiger partial charge in [-0.3, -0.25) is 9.55 Å². The highest BCUT2D eigenvalue weighted by Crippen LogP contribution is 2.42. The smallest absolute Gasteiger partial charge is 0.149 e. The minimum atomic E-state index is -2.56. The van der Waals surface area contributed by atoms with Crippen LogP contribution in [0.3, 0.4) is 0 Å². The lowest BCUT2D eigenvalue weighted by atomic mass is 9.90. The van der Waals surface area contributed by atoms with Crippen molar-refractivity contribution in [3.8, 4) is 78.6 Å². The molecule has 2 heterocycles. The van der Waals surface area contributed by atoms with Crippen molar-refractivity contribution in [1.29, 1.82) is 0 Å². The number of rotatable bonds is 9. The molecule has 9 aromatic rings. The normalized spacial score (nSPS) is 13.8. The summed E-state index contributed by atoms with van der Waals surface area (Å²) in [5.74, 6) is -0.248. The van der Waals surface area contributed by atoms with E-state index in [-0.39, 0.29) is 22.8 Å². The van der Waals surface area contributed by atoms with E-state index in [9.17, 15) is 5.11 Å². The molecule has 0 fully saturated rings. The average Bonchev–Trinajstić information content (AvgIpc) is 3.71. The second-order valence-electron chi connectivity index (χ2n) is 16.8. The number of hydrogen-bond donors (Lipinski definition) is 1. The molecule has 0 aliphatic carbocycles. The maximum atomic E-state index is 11.8. The quantitative estimate of drug-likeness (QED) is 0.158. The van der Waals surface area contributed by atoms with E-state index in [0.717, 1.165) is 61.2 Å². The van der Waals surface area contributed by atoms with E-state index < -0.39 is 19.6 Å². The number of aromatic hydroxyl groups is 1. The van der Waals surface area contributed by atoms with E-state index >= 15 is 0 Å². The Morgan fingerprint density at radius 2 is 1.26 bits per heavy atom. The van der Waals surface area contributed by atoms with Crippen LogP contribution < -0.4 is 0 Å². The summed E-state index contributed by atoms with van der Waals surface area (Å²) in [6, 6.07) is 48.6. The van der Waals surface area contributed by atoms with Crippen molar-refractivity contribution in [2.75, 3.05) is 0 Å². The van der Waals surface area contributed by atoms with Gasteiger partial charge in [0.05, 0.1) is 28.0 Å². The summed E-state index contributed by atoms with van der Waals surface area (Å²) < 4.78 is 61.3. The lowest BCUT2D eigenvalue weighted by molar-refractivity contribution is 0.472. The van der Waals surface area contributed by atoms with Crippen LogP contribution in [-0.2, 0) is 0 Å². The zero-order chi connectivity index (χ0) is 49.2. The highest BCUT2D eigenvalue weighted by Gasteiger charge is 2.23. The summed E-state index contributed by atoms with van der Waals surface area (Å²) >= 11 is 0. The Bertz CT molecular complexity index is 3400. The fraction of sp³-hybridized carbons (Fsp3) is 0.172. The zero-order valence-electron chi connectivity index (χ0n) is 42.9. The van der Waals surface area contributed by atoms with Crippen LogP contribution in [0, 0.1) is 27.6 Å². The van der Waals surface area contributed by atoms with E-state index in [1.165, 1.54) is 0 Å². The van der Waals surface area contributed by atoms with Gasteiger partial charge in [0.1, 0.15) is 11.6 Å². The Morgan fingerprint density at radius 1 is 0.548 bits per heavy atom. The summed E-state index contributed by atoms with van der Waals surface area (Å²) in [6.07, 6.45) is 1.76. The largest absolute Gasteiger partial charge is 0.507 e. The summed E-state index contributed by atoms with van der Waals surface area (Å²) in [4.78, 5) is 10.2. The van der Waals surface area contributed by atoms with Gasteiger partial charge in [0.2, 0.25) is 0 Å². The number of para-hydroxylation sites is 1. The number of hydrogen-bond acceptors (Lipinski definition) is 3. The standard InChI is InChI=1S/C58H53N3O/c1-35(2)45-28-46(36(3)4)30-48(29-45)43-21-22-54(39(7)27-43)61-55-16-12-15-51(56(55)60-58(61)52-26-38(6)25-40(8)57(52)62)49-31-47(41-13-10-9-11-14-41)32-50(33-49)53-34-44(23-24-59-53)42-19-17-37(5)18-20-42/h9-36,62H,1-8H3/i5D3,7D3,35D. The van der Waals surface area contributed by atoms with E-state index in [2.05, 4.69) is 56.3 Å². The Morgan fingerprint density at radius 3 is 2.02 bits per heavy atom. The molecule has 306 valence electrons. The molecule has 4 nitrogen and oxygen atoms in total. The molecule has 1 N–H and O–H groups in total. The van der Waals surface area contributed by atoms with Crippen molar-refractivity contribution in [2.45, 2.75) is 67.1 Å². The molecule has 0 spiro atoms. The summed E-state index contributed by atoms with van der Waals surface area (Å²) in [5, 5.41) is 11.8. The molecule has 62 heavy (non-hydrogen) atoms. The van der Waals surface area contributed by atoms with Crippen molar-refractivity contribution >= 4 is 11.0 Å². The van der Waals surface area contributed by atoms with Gasteiger partial charge in [-0.2, -0.15) is 0 Å². The number of imidazole rings is 1. The number of phenols is 1. The maximum absolute atomic E-state index is 11.8. The Balaban J connectivity index is 1.28. The maximum Gasteiger partial charge on any atom is 0.149 e. The average molecular weight is 815 g/mol. The molecule has 0 aliphatic rings. The van der Waals surface area contributed by atoms with Crippen molar-refractivity contribution in [1.82, 2.24) is 14.5 Å². The lowest BCUT2D eigenvalue weighted by Gasteiger charge is -2.17. The Hall–Kier alpha value is -7.04. The van der Waals surface area contributed by atoms with E-state index in [1.807, 2.05) is 123 Å². The van der Waals surface area contributed by atoms with E-state index in [1.54, 1.807) is 24.4 Å². The predicted octanol–water partition coefficient (Wildman–Crippen LogP) is 15.6. The molecule has 0 aliphatic heterocycles. The minimum absolute atomic E-state index is 0.0501. The van der Waals surface area contributed by atoms with Gasteiger partial charge in [0.15, 0.2) is 0 Å². The van der Waals surface area contributed by atoms with Crippen LogP contribution in [0.4, 0.5) is 0 Å². The number of pyridine rings is 1. The first kappa shape index (κ1) is 32.7. The first-order chi connectivity index (χ1) is 32.6. The monoisotopic (exact) mass is 814 g/mol. The van der Waals surface area contributed by atoms with Crippen LogP contribution >= 0.6 is 0 Å². The second-order valence-corrected chi connectivity index (χ2v) is 16.8. The fourth-order valence-corrected chi connectivity index (χ4v) is 8.40. The molecule has 0 amide bonds. The van der Waals surface area contributed by atoms with Crippen LogP contribution in [0.5, 0.6) is 5.75 Å². The Labute approximate surface area is 376 Å². The first-order valence-electron chi connectivity index (χ1n) is 24.5. The SMILES string of the molecule is [2H]C([2H])([2H])c1ccc(-c2ccnc(-c3cc(-c4ccccc4)cc(-c4cccc5c4nc(-c4cc(C)cc(C)c4O)n5-c4ccc(-c5cc(C(C)C)cc(C([2H])(C)C)c5)cc4C([2H])([2H])[2H])c3)c2)cc1. The van der Waals surface area contributed by atoms with Gasteiger partial charge in [0, 0.05) is 26.9 Å². The van der Waals surface area contributed by atoms with Gasteiger partial charge in [-0.25, -0.2) is 4.98 Å². The molecule has 0 atom stereocenters. The topological polar surface area (TPSA) is 50.9 Å². The second kappa shape index (κ2) is 16.4. The molecule has 0 radical (unpaired) electrons. The van der Waals surface area contributed by atoms with Crippen LogP contribution in [-0.4, -0.2) is 19.6 Å². The molecule has 2 aromatic heterocycles. The third kappa shape index (κ3) is 7.74. The number of benzene rings is 7. The van der Waals surface area contributed by atoms with Gasteiger partial charge in [-0.15, -0.1) is 0 Å². The van der Waals surface area contributed by atoms with Gasteiger partial charge in [-0.1, -0.05) is 130 Å². The van der Waals surface area contributed by atoms with Crippen molar-refractivity contribution in [3.63, 3.8) is 0 Å². The highest BCUT2D eigenvalue weighted by molar-refractivity contribution is 5.98. The van der Waals surface area contributed by atoms with Gasteiger partial charge in [-0.05, 0) is 161 Å². The van der Waals surface area contributed by atoms with E-state index in [0.29, 0.717) is 44.9 Å². The molecule has 0 saturated carbocycles. The number of aromatic nitrogens is 3. The molecule has 0 bridgehead atoms. The molecule has 9 rings (SSSR count). The van der Waals surface area contributed by atoms with Crippen molar-refractivity contribution < 1.29 is 14.7 Å². The minimum Gasteiger partial charge on any atom is -0.507 e. The third-order valence-corrected chi connectivity index (χ3v) is 11.8. The first-order valence-corrected chi connectivity index (χ1v) is 21.0. The van der Waals surface area contributed by atoms with Crippen LogP contribution in [0.1, 0.15) is 82.5 Å². The highest BCUT2D eigenvalue weighted by atomic mass is 16.3. The number of fused-ring (bicyclic) bond motifs is 1. The fourth-order valence-electron chi connectivity index (χ4n) is 8.40. The molecular weight excluding hydrogens is 755 g/mol. The molecule has 0 saturated heterocycles.